The summed E-state index contributed by atoms with van der Waals surface area (Å²) >= 11 is 1.28. The van der Waals surface area contributed by atoms with Gasteiger partial charge in [0.2, 0.25) is 11.8 Å². The second-order valence-electron chi connectivity index (χ2n) is 21.6. The van der Waals surface area contributed by atoms with E-state index in [9.17, 15) is 50.3 Å². The first-order valence-electron chi connectivity index (χ1n) is 26.9. The largest absolute Gasteiger partial charge is 0.492 e. The molecule has 0 spiro atoms. The fraction of sp³-hybridized carbons (Fsp3) is 0.393. The van der Waals surface area contributed by atoms with E-state index < -0.39 is 57.2 Å². The second kappa shape index (κ2) is 27.5. The molecule has 6 aromatic rings. The zero-order valence-electron chi connectivity index (χ0n) is 48.1. The van der Waals surface area contributed by atoms with Crippen LogP contribution in [-0.4, -0.2) is 105 Å². The molecule has 0 radical (unpaired) electrons. The van der Waals surface area contributed by atoms with E-state index in [1.807, 2.05) is 0 Å². The minimum absolute atomic E-state index is 0.00302. The summed E-state index contributed by atoms with van der Waals surface area (Å²) in [4.78, 5) is 66.0. The number of carboxylic acid groups (broad SMARTS) is 1. The number of amides is 3. The average Bonchev–Trinajstić information content (AvgIpc) is 2.89. The van der Waals surface area contributed by atoms with Gasteiger partial charge in [-0.15, -0.1) is 22.7 Å². The highest BCUT2D eigenvalue weighted by molar-refractivity contribution is 7.13. The number of aliphatic carboxylic acids is 1. The number of benzene rings is 4. The van der Waals surface area contributed by atoms with Crippen LogP contribution in [0.5, 0.6) is 23.0 Å². The fourth-order valence-electron chi connectivity index (χ4n) is 9.39. The molecule has 3 amide bonds. The molecule has 85 heavy (non-hydrogen) atoms. The van der Waals surface area contributed by atoms with Crippen LogP contribution >= 0.6 is 22.7 Å². The van der Waals surface area contributed by atoms with Gasteiger partial charge in [0.05, 0.1) is 45.0 Å². The number of nitrogens with one attached hydrogen (secondary N) is 1. The number of thiophene rings is 2. The van der Waals surface area contributed by atoms with Crippen LogP contribution < -0.4 is 34.1 Å². The van der Waals surface area contributed by atoms with Crippen molar-refractivity contribution in [3.8, 4) is 45.3 Å². The van der Waals surface area contributed by atoms with E-state index in [1.54, 1.807) is 131 Å². The van der Waals surface area contributed by atoms with E-state index >= 15 is 0 Å². The molecule has 456 valence electrons. The van der Waals surface area contributed by atoms with Crippen molar-refractivity contribution in [2.75, 3.05) is 63.3 Å². The van der Waals surface area contributed by atoms with Gasteiger partial charge in [0, 0.05) is 58.2 Å². The Balaban J connectivity index is 0.000000252. The number of fused-ring (bicyclic) bond motifs is 2. The van der Waals surface area contributed by atoms with Crippen molar-refractivity contribution < 1.29 is 83.8 Å². The number of halogens is 6. The summed E-state index contributed by atoms with van der Waals surface area (Å²) in [5, 5.41) is 11.5. The number of methoxy groups -OCH3 is 2. The molecule has 4 aromatic carbocycles. The van der Waals surface area contributed by atoms with Crippen LogP contribution in [0.3, 0.4) is 0 Å². The molecule has 2 aliphatic heterocycles. The lowest BCUT2D eigenvalue weighted by Gasteiger charge is -2.29. The minimum atomic E-state index is -4.52. The Hall–Kier alpha value is -7.83. The van der Waals surface area contributed by atoms with Crippen molar-refractivity contribution in [1.82, 2.24) is 10.2 Å². The number of carboxylic acids is 1. The lowest BCUT2D eigenvalue weighted by atomic mass is 10.1. The number of carbonyl (C=O) groups is 5. The summed E-state index contributed by atoms with van der Waals surface area (Å²) in [5.74, 6) is -0.564. The first-order chi connectivity index (χ1) is 40.0. The Morgan fingerprint density at radius 1 is 0.612 bits per heavy atom. The highest BCUT2D eigenvalue weighted by atomic mass is 32.1. The minimum Gasteiger partial charge on any atom is -0.492 e. The van der Waals surface area contributed by atoms with Crippen LogP contribution in [0.2, 0.25) is 0 Å². The maximum Gasteiger partial charge on any atom is 0.426 e. The normalized spacial score (nSPS) is 13.1. The summed E-state index contributed by atoms with van der Waals surface area (Å²) in [7, 11) is 2.93. The third-order valence-corrected chi connectivity index (χ3v) is 15.2. The van der Waals surface area contributed by atoms with Gasteiger partial charge >= 0.3 is 30.4 Å². The Morgan fingerprint density at radius 3 is 1.47 bits per heavy atom. The predicted molar refractivity (Wildman–Crippen MR) is 310 cm³/mol. The zero-order chi connectivity index (χ0) is 62.0. The highest BCUT2D eigenvalue weighted by Crippen LogP contribution is 2.47. The highest BCUT2D eigenvalue weighted by Gasteiger charge is 2.39. The molecule has 0 saturated carbocycles. The second-order valence-corrected chi connectivity index (χ2v) is 23.8. The molecule has 24 heteroatoms. The molecule has 4 heterocycles. The van der Waals surface area contributed by atoms with Crippen LogP contribution in [0, 0.1) is 0 Å². The molecule has 2 aromatic heterocycles. The lowest BCUT2D eigenvalue weighted by Crippen LogP contribution is -2.45. The van der Waals surface area contributed by atoms with Crippen LogP contribution in [-0.2, 0) is 67.1 Å². The molecule has 0 unspecified atom stereocenters. The van der Waals surface area contributed by atoms with E-state index in [1.165, 1.54) is 36.2 Å². The molecule has 2 N–H and O–H groups in total. The monoisotopic (exact) mass is 1220 g/mol. The molecule has 2 aliphatic rings. The summed E-state index contributed by atoms with van der Waals surface area (Å²) < 4.78 is 117. The van der Waals surface area contributed by atoms with Crippen LogP contribution in [0.1, 0.15) is 85.0 Å². The third-order valence-electron chi connectivity index (χ3n) is 12.9. The maximum atomic E-state index is 13.9. The predicted octanol–water partition coefficient (Wildman–Crippen LogP) is 12.9. The number of ether oxygens (including phenoxy) is 6. The molecule has 0 bridgehead atoms. The number of hydrogen-bond donors (Lipinski definition) is 2. The average molecular weight is 1230 g/mol. The molecule has 0 atom stereocenters. The number of alkyl halides is 6. The van der Waals surface area contributed by atoms with Gasteiger partial charge in [-0.1, -0.05) is 60.7 Å². The molecule has 8 rings (SSSR count). The van der Waals surface area contributed by atoms with Crippen LogP contribution in [0.15, 0.2) is 97.1 Å². The van der Waals surface area contributed by atoms with Crippen LogP contribution in [0.25, 0.3) is 22.3 Å². The molecule has 0 fully saturated rings. The third kappa shape index (κ3) is 17.2. The Kier molecular flexibility index (Phi) is 20.9. The number of nitrogens with zero attached hydrogens (tertiary/aromatic N) is 3. The zero-order valence-corrected chi connectivity index (χ0v) is 49.7. The van der Waals surface area contributed by atoms with Gasteiger partial charge in [-0.25, -0.2) is 4.79 Å². The quantitative estimate of drug-likeness (QED) is 0.0419. The van der Waals surface area contributed by atoms with Gasteiger partial charge in [-0.05, 0) is 102 Å². The number of esters is 1. The summed E-state index contributed by atoms with van der Waals surface area (Å²) in [5.41, 5.74) is 2.30. The van der Waals surface area contributed by atoms with Gasteiger partial charge in [-0.3, -0.25) is 24.1 Å². The van der Waals surface area contributed by atoms with Crippen molar-refractivity contribution in [3.05, 3.63) is 128 Å². The van der Waals surface area contributed by atoms with E-state index in [2.05, 4.69) is 5.32 Å². The van der Waals surface area contributed by atoms with Crippen LogP contribution in [0.4, 0.5) is 42.5 Å². The Bertz CT molecular complexity index is 3340. The van der Waals surface area contributed by atoms with E-state index in [-0.39, 0.29) is 69.3 Å². The standard InChI is InChI=1S/C35H41F3N2O7S.C26H25F3N2O5S/c1-33(2,3)46-29(42)16-17-39(32(43)47-34(4,5)6)20-28(41)40-18-15-24-26(40)13-14-27(30(24)44-7)45-21-23-19-25(22-11-9-8-10-12-22)31(48-23)35(36,37)38;1-35-24-18-10-12-31(22(32)14-30-11-9-23(33)34)20(18)7-8-21(24)36-15-17-13-19(16-5-3-2-4-6-16)25(37-17)26(27,28)29/h8-14,19H,15-18,20-21H2,1-7H3;2-8,13,30H,9-12,14-15H2,1H3,(H,33,34). The van der Waals surface area contributed by atoms with Gasteiger partial charge in [0.15, 0.2) is 23.0 Å². The Labute approximate surface area is 496 Å². The van der Waals surface area contributed by atoms with E-state index in [0.29, 0.717) is 109 Å². The summed E-state index contributed by atoms with van der Waals surface area (Å²) in [6, 6.07) is 26.4. The summed E-state index contributed by atoms with van der Waals surface area (Å²) in [6.45, 7) is 10.6. The van der Waals surface area contributed by atoms with Gasteiger partial charge < -0.3 is 48.6 Å². The smallest absolute Gasteiger partial charge is 0.426 e. The first kappa shape index (κ1) is 64.7. The number of carbonyl (C=O) groups excluding carboxylic acids is 4. The molecule has 16 nitrogen and oxygen atoms in total. The summed E-state index contributed by atoms with van der Waals surface area (Å²) in [6.07, 6.45) is -9.02. The lowest BCUT2D eigenvalue weighted by molar-refractivity contribution is -0.155. The number of rotatable bonds is 20. The van der Waals surface area contributed by atoms with Gasteiger partial charge in [0.1, 0.15) is 40.7 Å². The van der Waals surface area contributed by atoms with Gasteiger partial charge in [-0.2, -0.15) is 26.3 Å². The van der Waals surface area contributed by atoms with Gasteiger partial charge in [0.25, 0.3) is 0 Å². The molecular weight excluding hydrogens is 1160 g/mol. The fourth-order valence-corrected chi connectivity index (χ4v) is 11.3. The van der Waals surface area contributed by atoms with Crippen molar-refractivity contribution in [3.63, 3.8) is 0 Å². The van der Waals surface area contributed by atoms with Crippen molar-refractivity contribution in [2.24, 2.45) is 0 Å². The first-order valence-corrected chi connectivity index (χ1v) is 28.6. The Morgan fingerprint density at radius 2 is 1.06 bits per heavy atom. The molecule has 0 aliphatic carbocycles. The van der Waals surface area contributed by atoms with E-state index in [4.69, 9.17) is 33.5 Å². The SMILES string of the molecule is COc1c(OCc2cc(-c3ccccc3)c(C(F)(F)F)s2)ccc2c1CCN2C(=O)CN(CCC(=O)OC(C)(C)C)C(=O)OC(C)(C)C.COc1c(OCc2cc(-c3ccccc3)c(C(F)(F)F)s2)ccc2c1CCN2C(=O)CNCCC(=O)O. The molecular formula is C61H66F6N4O12S2. The van der Waals surface area contributed by atoms with Crippen molar-refractivity contribution in [2.45, 2.75) is 104 Å². The topological polar surface area (TPSA) is 183 Å². The number of anilines is 2. The number of hydrogen-bond acceptors (Lipinski definition) is 14. The van der Waals surface area contributed by atoms with E-state index in [0.717, 1.165) is 5.56 Å². The van der Waals surface area contributed by atoms with Crippen molar-refractivity contribution >= 4 is 63.9 Å². The maximum absolute atomic E-state index is 13.9. The van der Waals surface area contributed by atoms with Crippen molar-refractivity contribution in [1.29, 1.82) is 0 Å². The molecule has 0 saturated heterocycles.